The maximum Gasteiger partial charge on any atom is 0.254 e. The van der Waals surface area contributed by atoms with Gasteiger partial charge in [0.15, 0.2) is 6.61 Å². The van der Waals surface area contributed by atoms with E-state index in [0.717, 1.165) is 21.9 Å². The lowest BCUT2D eigenvalue weighted by atomic mass is 10.2. The molecule has 0 spiro atoms. The van der Waals surface area contributed by atoms with E-state index in [9.17, 15) is 0 Å². The lowest BCUT2D eigenvalue weighted by Crippen LogP contribution is -1.95. The van der Waals surface area contributed by atoms with Crippen molar-refractivity contribution in [3.63, 3.8) is 0 Å². The fourth-order valence-electron chi connectivity index (χ4n) is 2.35. The summed E-state index contributed by atoms with van der Waals surface area (Å²) in [7, 11) is 1.62. The summed E-state index contributed by atoms with van der Waals surface area (Å²) in [6.07, 6.45) is 0. The minimum Gasteiger partial charge on any atom is -0.497 e. The predicted molar refractivity (Wildman–Crippen MR) is 100 cm³/mol. The molecule has 136 valence electrons. The minimum atomic E-state index is 0.175. The van der Waals surface area contributed by atoms with Crippen LogP contribution in [0.4, 0.5) is 5.13 Å². The van der Waals surface area contributed by atoms with Crippen LogP contribution in [0.2, 0.25) is 0 Å². The van der Waals surface area contributed by atoms with Gasteiger partial charge < -0.3 is 19.6 Å². The molecule has 0 fully saturated rings. The highest BCUT2D eigenvalue weighted by Crippen LogP contribution is 2.27. The summed E-state index contributed by atoms with van der Waals surface area (Å²) < 4.78 is 16.5. The smallest absolute Gasteiger partial charge is 0.254 e. The van der Waals surface area contributed by atoms with E-state index >= 15 is 0 Å². The Morgan fingerprint density at radius 1 is 0.889 bits per heavy atom. The number of benzene rings is 2. The summed E-state index contributed by atoms with van der Waals surface area (Å²) in [4.78, 5) is 0. The minimum absolute atomic E-state index is 0.175. The number of anilines is 1. The number of aromatic nitrogens is 4. The van der Waals surface area contributed by atoms with Gasteiger partial charge >= 0.3 is 0 Å². The molecule has 27 heavy (non-hydrogen) atoms. The quantitative estimate of drug-likeness (QED) is 0.541. The summed E-state index contributed by atoms with van der Waals surface area (Å²) in [5.74, 6) is 2.27. The average Bonchev–Trinajstić information content (AvgIpc) is 3.36. The second-order valence-corrected chi connectivity index (χ2v) is 6.50. The molecule has 0 saturated carbocycles. The van der Waals surface area contributed by atoms with Gasteiger partial charge in [-0.3, -0.25) is 0 Å². The number of hydrogen-bond donors (Lipinski definition) is 1. The second kappa shape index (κ2) is 7.42. The zero-order valence-electron chi connectivity index (χ0n) is 14.3. The molecule has 4 aromatic rings. The van der Waals surface area contributed by atoms with Crippen LogP contribution in [0.3, 0.4) is 0 Å². The van der Waals surface area contributed by atoms with Crippen LogP contribution in [0, 0.1) is 0 Å². The third kappa shape index (κ3) is 3.87. The van der Waals surface area contributed by atoms with Gasteiger partial charge in [0.05, 0.1) is 7.11 Å². The summed E-state index contributed by atoms with van der Waals surface area (Å²) in [5.41, 5.74) is 7.35. The molecule has 0 aliphatic rings. The fourth-order valence-corrected chi connectivity index (χ4v) is 2.97. The molecule has 2 aromatic carbocycles. The Kier molecular flexibility index (Phi) is 4.67. The summed E-state index contributed by atoms with van der Waals surface area (Å²) >= 11 is 1.33. The monoisotopic (exact) mass is 381 g/mol. The maximum atomic E-state index is 5.70. The Morgan fingerprint density at radius 2 is 1.59 bits per heavy atom. The lowest BCUT2D eigenvalue weighted by Gasteiger charge is -2.03. The van der Waals surface area contributed by atoms with Crippen LogP contribution in [-0.2, 0) is 6.61 Å². The molecule has 0 radical (unpaired) electrons. The highest BCUT2D eigenvalue weighted by atomic mass is 32.1. The van der Waals surface area contributed by atoms with E-state index in [2.05, 4.69) is 20.4 Å². The van der Waals surface area contributed by atoms with E-state index in [-0.39, 0.29) is 6.61 Å². The molecule has 0 unspecified atom stereocenters. The Balaban J connectivity index is 1.39. The summed E-state index contributed by atoms with van der Waals surface area (Å²) in [5, 5.41) is 17.1. The van der Waals surface area contributed by atoms with Crippen molar-refractivity contribution >= 4 is 16.5 Å². The Labute approximate surface area is 158 Å². The van der Waals surface area contributed by atoms with Crippen molar-refractivity contribution in [1.82, 2.24) is 20.4 Å². The first-order chi connectivity index (χ1) is 13.2. The molecular weight excluding hydrogens is 366 g/mol. The molecule has 0 saturated heterocycles. The highest BCUT2D eigenvalue weighted by molar-refractivity contribution is 7.18. The lowest BCUT2D eigenvalue weighted by molar-refractivity contribution is 0.264. The fraction of sp³-hybridized carbons (Fsp3) is 0.111. The number of ether oxygens (including phenoxy) is 2. The van der Waals surface area contributed by atoms with Crippen LogP contribution in [0.1, 0.15) is 5.89 Å². The third-order valence-electron chi connectivity index (χ3n) is 3.71. The van der Waals surface area contributed by atoms with E-state index in [0.29, 0.717) is 22.7 Å². The average molecular weight is 381 g/mol. The van der Waals surface area contributed by atoms with Gasteiger partial charge in [-0.1, -0.05) is 11.3 Å². The molecule has 9 heteroatoms. The molecule has 4 rings (SSSR count). The largest absolute Gasteiger partial charge is 0.497 e. The van der Waals surface area contributed by atoms with Crippen molar-refractivity contribution < 1.29 is 13.9 Å². The van der Waals surface area contributed by atoms with Gasteiger partial charge in [-0.15, -0.1) is 20.4 Å². The summed E-state index contributed by atoms with van der Waals surface area (Å²) in [6, 6.07) is 14.9. The standard InChI is InChI=1S/C18H15N5O3S/c1-24-13-6-2-11(3-7-13)16-21-20-15(26-16)10-25-14-8-4-12(5-9-14)17-22-23-18(19)27-17/h2-9H,10H2,1H3,(H2,19,23). The zero-order chi connectivity index (χ0) is 18.6. The van der Waals surface area contributed by atoms with E-state index in [1.54, 1.807) is 7.11 Å². The molecule has 0 aliphatic carbocycles. The predicted octanol–water partition coefficient (Wildman–Crippen LogP) is 3.42. The van der Waals surface area contributed by atoms with Gasteiger partial charge in [0.2, 0.25) is 11.0 Å². The molecule has 2 aromatic heterocycles. The number of rotatable bonds is 6. The van der Waals surface area contributed by atoms with Crippen molar-refractivity contribution in [3.05, 3.63) is 54.4 Å². The molecule has 0 atom stereocenters. The van der Waals surface area contributed by atoms with E-state index < -0.39 is 0 Å². The van der Waals surface area contributed by atoms with Crippen LogP contribution in [-0.4, -0.2) is 27.5 Å². The van der Waals surface area contributed by atoms with Gasteiger partial charge in [0.25, 0.3) is 5.89 Å². The van der Waals surface area contributed by atoms with Crippen LogP contribution in [0.5, 0.6) is 11.5 Å². The molecular formula is C18H15N5O3S. The van der Waals surface area contributed by atoms with Crippen molar-refractivity contribution in [2.45, 2.75) is 6.61 Å². The topological polar surface area (TPSA) is 109 Å². The highest BCUT2D eigenvalue weighted by Gasteiger charge is 2.10. The first-order valence-corrected chi connectivity index (χ1v) is 8.82. The zero-order valence-corrected chi connectivity index (χ0v) is 15.1. The van der Waals surface area contributed by atoms with Gasteiger partial charge in [-0.25, -0.2) is 0 Å². The molecule has 0 bridgehead atoms. The van der Waals surface area contributed by atoms with Gasteiger partial charge in [-0.2, -0.15) is 0 Å². The van der Waals surface area contributed by atoms with Gasteiger partial charge in [0.1, 0.15) is 16.5 Å². The number of nitrogen functional groups attached to an aromatic ring is 1. The molecule has 2 N–H and O–H groups in total. The Morgan fingerprint density at radius 3 is 2.26 bits per heavy atom. The SMILES string of the molecule is COc1ccc(-c2nnc(COc3ccc(-c4nnc(N)s4)cc3)o2)cc1. The third-order valence-corrected chi connectivity index (χ3v) is 4.51. The van der Waals surface area contributed by atoms with Crippen LogP contribution in [0.25, 0.3) is 22.0 Å². The second-order valence-electron chi connectivity index (χ2n) is 5.49. The van der Waals surface area contributed by atoms with E-state index in [1.807, 2.05) is 48.5 Å². The van der Waals surface area contributed by atoms with Crippen molar-refractivity contribution in [3.8, 4) is 33.5 Å². The van der Waals surface area contributed by atoms with Gasteiger partial charge in [-0.05, 0) is 48.5 Å². The van der Waals surface area contributed by atoms with E-state index in [4.69, 9.17) is 19.6 Å². The van der Waals surface area contributed by atoms with Crippen LogP contribution in [0.15, 0.2) is 52.9 Å². The van der Waals surface area contributed by atoms with Crippen molar-refractivity contribution in [2.75, 3.05) is 12.8 Å². The van der Waals surface area contributed by atoms with Crippen molar-refractivity contribution in [2.24, 2.45) is 0 Å². The van der Waals surface area contributed by atoms with Crippen LogP contribution >= 0.6 is 11.3 Å². The number of hydrogen-bond acceptors (Lipinski definition) is 9. The summed E-state index contributed by atoms with van der Waals surface area (Å²) in [6.45, 7) is 0.175. The first kappa shape index (κ1) is 17.0. The van der Waals surface area contributed by atoms with E-state index in [1.165, 1.54) is 11.3 Å². The normalized spacial score (nSPS) is 10.7. The molecule has 0 amide bonds. The molecule has 2 heterocycles. The Bertz CT molecular complexity index is 1030. The number of nitrogens with zero attached hydrogens (tertiary/aromatic N) is 4. The maximum absolute atomic E-state index is 5.70. The molecule has 0 aliphatic heterocycles. The molecule has 8 nitrogen and oxygen atoms in total. The number of methoxy groups -OCH3 is 1. The van der Waals surface area contributed by atoms with Crippen LogP contribution < -0.4 is 15.2 Å². The first-order valence-electron chi connectivity index (χ1n) is 8.00. The van der Waals surface area contributed by atoms with Gasteiger partial charge in [0, 0.05) is 11.1 Å². The van der Waals surface area contributed by atoms with Crippen molar-refractivity contribution in [1.29, 1.82) is 0 Å². The number of nitrogens with two attached hydrogens (primary N) is 1. The Hall–Kier alpha value is -3.46.